The largest absolute Gasteiger partial charge is 0.378 e. The highest BCUT2D eigenvalue weighted by atomic mass is 16.5. The fraction of sp³-hybridized carbons (Fsp3) is 0.333. The van der Waals surface area contributed by atoms with Gasteiger partial charge in [-0.15, -0.1) is 0 Å². The number of nitrogens with two attached hydrogens (primary N) is 1. The van der Waals surface area contributed by atoms with Crippen LogP contribution in [0.15, 0.2) is 30.3 Å². The van der Waals surface area contributed by atoms with Crippen LogP contribution in [0.3, 0.4) is 0 Å². The van der Waals surface area contributed by atoms with Crippen molar-refractivity contribution in [3.05, 3.63) is 36.0 Å². The molecule has 3 N–H and O–H groups in total. The normalized spacial score (nSPS) is 15.0. The lowest BCUT2D eigenvalue weighted by Crippen LogP contribution is -2.36. The summed E-state index contributed by atoms with van der Waals surface area (Å²) in [6, 6.07) is 10.2. The first-order chi connectivity index (χ1) is 10.2. The molecule has 2 aromatic rings. The van der Waals surface area contributed by atoms with Crippen LogP contribution >= 0.6 is 0 Å². The van der Waals surface area contributed by atoms with Crippen LogP contribution in [0.25, 0.3) is 0 Å². The summed E-state index contributed by atoms with van der Waals surface area (Å²) < 4.78 is 5.37. The predicted molar refractivity (Wildman–Crippen MR) is 83.9 cm³/mol. The Kier molecular flexibility index (Phi) is 3.87. The van der Waals surface area contributed by atoms with Crippen molar-refractivity contribution in [3.63, 3.8) is 0 Å². The number of rotatable bonds is 3. The van der Waals surface area contributed by atoms with Crippen molar-refractivity contribution < 1.29 is 4.74 Å². The summed E-state index contributed by atoms with van der Waals surface area (Å²) >= 11 is 0. The number of benzene rings is 1. The zero-order valence-corrected chi connectivity index (χ0v) is 12.0. The number of aryl methyl sites for hydroxylation is 1. The number of hydrogen-bond donors (Lipinski definition) is 2. The molecule has 0 aliphatic carbocycles. The van der Waals surface area contributed by atoms with Gasteiger partial charge in [-0.05, 0) is 31.2 Å². The van der Waals surface area contributed by atoms with Gasteiger partial charge in [0.2, 0.25) is 5.95 Å². The van der Waals surface area contributed by atoms with Crippen molar-refractivity contribution in [1.29, 1.82) is 0 Å². The Morgan fingerprint density at radius 3 is 2.52 bits per heavy atom. The molecule has 1 aromatic carbocycles. The molecule has 0 radical (unpaired) electrons. The van der Waals surface area contributed by atoms with Crippen LogP contribution < -0.4 is 16.0 Å². The van der Waals surface area contributed by atoms with E-state index in [1.54, 1.807) is 0 Å². The minimum Gasteiger partial charge on any atom is -0.378 e. The molecule has 1 aliphatic rings. The van der Waals surface area contributed by atoms with E-state index in [-0.39, 0.29) is 5.95 Å². The van der Waals surface area contributed by atoms with E-state index in [9.17, 15) is 0 Å². The smallest absolute Gasteiger partial charge is 0.222 e. The Hall–Kier alpha value is -2.34. The monoisotopic (exact) mass is 285 g/mol. The van der Waals surface area contributed by atoms with Gasteiger partial charge in [-0.3, -0.25) is 0 Å². The van der Waals surface area contributed by atoms with Gasteiger partial charge >= 0.3 is 0 Å². The summed E-state index contributed by atoms with van der Waals surface area (Å²) in [6.45, 7) is 5.35. The number of anilines is 4. The topological polar surface area (TPSA) is 76.3 Å². The van der Waals surface area contributed by atoms with E-state index in [2.05, 4.69) is 32.3 Å². The van der Waals surface area contributed by atoms with Crippen molar-refractivity contribution in [3.8, 4) is 0 Å². The van der Waals surface area contributed by atoms with E-state index in [0.717, 1.165) is 37.7 Å². The first kappa shape index (κ1) is 13.6. The molecule has 0 amide bonds. The Morgan fingerprint density at radius 1 is 1.14 bits per heavy atom. The summed E-state index contributed by atoms with van der Waals surface area (Å²) in [5.41, 5.74) is 8.68. The molecule has 110 valence electrons. The van der Waals surface area contributed by atoms with Crippen molar-refractivity contribution in [1.82, 2.24) is 9.97 Å². The number of hydrogen-bond acceptors (Lipinski definition) is 6. The maximum Gasteiger partial charge on any atom is 0.222 e. The minimum absolute atomic E-state index is 0.280. The van der Waals surface area contributed by atoms with Gasteiger partial charge in [0.25, 0.3) is 0 Å². The van der Waals surface area contributed by atoms with Crippen LogP contribution in [0, 0.1) is 6.92 Å². The number of nitrogen functional groups attached to an aromatic ring is 1. The Labute approximate surface area is 124 Å². The Balaban J connectivity index is 1.71. The summed E-state index contributed by atoms with van der Waals surface area (Å²) in [7, 11) is 0. The first-order valence-electron chi connectivity index (χ1n) is 7.02. The van der Waals surface area contributed by atoms with Gasteiger partial charge in [-0.1, -0.05) is 0 Å². The van der Waals surface area contributed by atoms with Gasteiger partial charge in [-0.2, -0.15) is 4.98 Å². The second kappa shape index (κ2) is 5.97. The lowest BCUT2D eigenvalue weighted by Gasteiger charge is -2.28. The van der Waals surface area contributed by atoms with E-state index in [1.807, 2.05) is 25.1 Å². The average molecular weight is 285 g/mol. The summed E-state index contributed by atoms with van der Waals surface area (Å²) in [4.78, 5) is 10.5. The van der Waals surface area contributed by atoms with E-state index in [0.29, 0.717) is 5.82 Å². The third-order valence-corrected chi connectivity index (χ3v) is 3.39. The van der Waals surface area contributed by atoms with Gasteiger partial charge in [0, 0.05) is 36.2 Å². The molecule has 0 atom stereocenters. The van der Waals surface area contributed by atoms with E-state index in [4.69, 9.17) is 10.5 Å². The van der Waals surface area contributed by atoms with E-state index < -0.39 is 0 Å². The molecule has 6 heteroatoms. The number of nitrogens with one attached hydrogen (secondary N) is 1. The molecule has 0 spiro atoms. The van der Waals surface area contributed by atoms with E-state index in [1.165, 1.54) is 5.69 Å². The van der Waals surface area contributed by atoms with Crippen LogP contribution in [-0.2, 0) is 4.74 Å². The average Bonchev–Trinajstić information content (AvgIpc) is 2.48. The van der Waals surface area contributed by atoms with Crippen molar-refractivity contribution in [2.75, 3.05) is 42.3 Å². The molecule has 21 heavy (non-hydrogen) atoms. The maximum atomic E-state index is 5.65. The predicted octanol–water partition coefficient (Wildman–Crippen LogP) is 1.95. The highest BCUT2D eigenvalue weighted by molar-refractivity contribution is 5.61. The molecule has 6 nitrogen and oxygen atoms in total. The van der Waals surface area contributed by atoms with Crippen LogP contribution in [0.4, 0.5) is 23.1 Å². The molecule has 1 aromatic heterocycles. The summed E-state index contributed by atoms with van der Waals surface area (Å²) in [5.74, 6) is 0.988. The molecule has 0 bridgehead atoms. The van der Waals surface area contributed by atoms with Gasteiger partial charge in [-0.25, -0.2) is 4.98 Å². The second-order valence-electron chi connectivity index (χ2n) is 5.02. The van der Waals surface area contributed by atoms with E-state index >= 15 is 0 Å². The quantitative estimate of drug-likeness (QED) is 0.897. The van der Waals surface area contributed by atoms with Gasteiger partial charge in [0.15, 0.2) is 0 Å². The molecular weight excluding hydrogens is 266 g/mol. The fourth-order valence-electron chi connectivity index (χ4n) is 2.38. The summed E-state index contributed by atoms with van der Waals surface area (Å²) in [6.07, 6.45) is 0. The third kappa shape index (κ3) is 3.41. The van der Waals surface area contributed by atoms with Crippen LogP contribution in [0.1, 0.15) is 5.69 Å². The Morgan fingerprint density at radius 2 is 1.86 bits per heavy atom. The second-order valence-corrected chi connectivity index (χ2v) is 5.02. The first-order valence-corrected chi connectivity index (χ1v) is 7.02. The molecular formula is C15H19N5O. The zero-order chi connectivity index (χ0) is 14.7. The minimum atomic E-state index is 0.280. The lowest BCUT2D eigenvalue weighted by molar-refractivity contribution is 0.122. The van der Waals surface area contributed by atoms with Crippen LogP contribution in [0.2, 0.25) is 0 Å². The molecule has 1 aliphatic heterocycles. The molecule has 3 rings (SSSR count). The van der Waals surface area contributed by atoms with Gasteiger partial charge < -0.3 is 20.7 Å². The molecule has 1 fully saturated rings. The number of nitrogens with zero attached hydrogens (tertiary/aromatic N) is 3. The number of morpholine rings is 1. The summed E-state index contributed by atoms with van der Waals surface area (Å²) in [5, 5.41) is 3.24. The van der Waals surface area contributed by atoms with Crippen molar-refractivity contribution in [2.24, 2.45) is 0 Å². The number of aromatic nitrogens is 2. The molecule has 0 unspecified atom stereocenters. The maximum absolute atomic E-state index is 5.65. The lowest BCUT2D eigenvalue weighted by atomic mass is 10.2. The third-order valence-electron chi connectivity index (χ3n) is 3.39. The van der Waals surface area contributed by atoms with Crippen LogP contribution in [0.5, 0.6) is 0 Å². The van der Waals surface area contributed by atoms with Crippen molar-refractivity contribution >= 4 is 23.1 Å². The SMILES string of the molecule is Cc1cc(Nc2ccc(N3CCOCC3)cc2)nc(N)n1. The van der Waals surface area contributed by atoms with Crippen LogP contribution in [-0.4, -0.2) is 36.3 Å². The standard InChI is InChI=1S/C15H19N5O/c1-11-10-14(19-15(16)17-11)18-12-2-4-13(5-3-12)20-6-8-21-9-7-20/h2-5,10H,6-9H2,1H3,(H3,16,17,18,19). The molecule has 1 saturated heterocycles. The fourth-order valence-corrected chi connectivity index (χ4v) is 2.38. The molecule has 0 saturated carbocycles. The number of ether oxygens (including phenoxy) is 1. The highest BCUT2D eigenvalue weighted by Gasteiger charge is 2.10. The Bertz CT molecular complexity index is 588. The van der Waals surface area contributed by atoms with Crippen molar-refractivity contribution in [2.45, 2.75) is 6.92 Å². The molecule has 2 heterocycles. The van der Waals surface area contributed by atoms with Gasteiger partial charge in [0.05, 0.1) is 13.2 Å². The highest BCUT2D eigenvalue weighted by Crippen LogP contribution is 2.21. The van der Waals surface area contributed by atoms with Gasteiger partial charge in [0.1, 0.15) is 5.82 Å². The zero-order valence-electron chi connectivity index (χ0n) is 12.0.